The Morgan fingerprint density at radius 2 is 2.11 bits per heavy atom. The summed E-state index contributed by atoms with van der Waals surface area (Å²) in [5.74, 6) is 0.151. The van der Waals surface area contributed by atoms with E-state index in [9.17, 15) is 4.39 Å². The highest BCUT2D eigenvalue weighted by Crippen LogP contribution is 2.34. The summed E-state index contributed by atoms with van der Waals surface area (Å²) in [6.45, 7) is 0. The van der Waals surface area contributed by atoms with Crippen LogP contribution in [0.5, 0.6) is 5.88 Å². The minimum absolute atomic E-state index is 0.295. The maximum absolute atomic E-state index is 13.9. The Morgan fingerprint density at radius 3 is 2.94 bits per heavy atom. The number of nitrogens with zero attached hydrogens (tertiary/aromatic N) is 1. The average molecular weight is 243 g/mol. The lowest BCUT2D eigenvalue weighted by molar-refractivity contribution is 0.396. The van der Waals surface area contributed by atoms with Gasteiger partial charge in [0.2, 0.25) is 5.88 Å². The van der Waals surface area contributed by atoms with E-state index in [0.717, 1.165) is 24.8 Å². The fourth-order valence-electron chi connectivity index (χ4n) is 2.61. The maximum atomic E-state index is 13.9. The summed E-state index contributed by atoms with van der Waals surface area (Å²) in [6.07, 6.45) is 4.49. The Balaban J connectivity index is 2.18. The van der Waals surface area contributed by atoms with Crippen LogP contribution in [0.2, 0.25) is 0 Å². The first-order valence-corrected chi connectivity index (χ1v) is 6.10. The highest BCUT2D eigenvalue weighted by Gasteiger charge is 2.18. The molecule has 0 amide bonds. The third-order valence-electron chi connectivity index (χ3n) is 3.48. The number of benzene rings is 1. The zero-order valence-corrected chi connectivity index (χ0v) is 10.2. The largest absolute Gasteiger partial charge is 0.481 e. The molecule has 1 aliphatic carbocycles. The number of aryl methyl sites for hydroxylation is 1. The third-order valence-corrected chi connectivity index (χ3v) is 3.48. The zero-order chi connectivity index (χ0) is 12.5. The van der Waals surface area contributed by atoms with Crippen LogP contribution >= 0.6 is 0 Å². The molecule has 2 nitrogen and oxygen atoms in total. The second-order valence-electron chi connectivity index (χ2n) is 4.50. The molecule has 0 fully saturated rings. The number of halogens is 1. The first-order valence-electron chi connectivity index (χ1n) is 6.10. The highest BCUT2D eigenvalue weighted by molar-refractivity contribution is 5.70. The van der Waals surface area contributed by atoms with Gasteiger partial charge in [0.1, 0.15) is 5.82 Å². The van der Waals surface area contributed by atoms with Crippen molar-refractivity contribution in [2.75, 3.05) is 7.11 Å². The summed E-state index contributed by atoms with van der Waals surface area (Å²) >= 11 is 0. The van der Waals surface area contributed by atoms with E-state index in [1.165, 1.54) is 17.3 Å². The van der Waals surface area contributed by atoms with Gasteiger partial charge in [-0.2, -0.15) is 0 Å². The second-order valence-corrected chi connectivity index (χ2v) is 4.50. The Hall–Kier alpha value is -1.90. The molecule has 3 heteroatoms. The molecule has 2 aromatic rings. The van der Waals surface area contributed by atoms with Crippen molar-refractivity contribution < 1.29 is 9.13 Å². The van der Waals surface area contributed by atoms with Gasteiger partial charge in [-0.25, -0.2) is 9.37 Å². The fourth-order valence-corrected chi connectivity index (χ4v) is 2.61. The van der Waals surface area contributed by atoms with Crippen molar-refractivity contribution in [2.45, 2.75) is 19.3 Å². The predicted octanol–water partition coefficient (Wildman–Crippen LogP) is 3.39. The number of pyridine rings is 1. The summed E-state index contributed by atoms with van der Waals surface area (Å²) < 4.78 is 19.0. The van der Waals surface area contributed by atoms with E-state index < -0.39 is 0 Å². The number of hydrogen-bond donors (Lipinski definition) is 0. The van der Waals surface area contributed by atoms with E-state index >= 15 is 0 Å². The van der Waals surface area contributed by atoms with Crippen LogP contribution in [0.4, 0.5) is 4.39 Å². The van der Waals surface area contributed by atoms with E-state index in [-0.39, 0.29) is 5.82 Å². The summed E-state index contributed by atoms with van der Waals surface area (Å²) in [5, 5.41) is 0. The van der Waals surface area contributed by atoms with E-state index in [1.807, 2.05) is 12.1 Å². The van der Waals surface area contributed by atoms with Gasteiger partial charge in [-0.15, -0.1) is 0 Å². The van der Waals surface area contributed by atoms with Crippen LogP contribution < -0.4 is 4.74 Å². The molecule has 0 saturated heterocycles. The Bertz CT molecular complexity index is 595. The molecule has 0 N–H and O–H groups in total. The normalized spacial score (nSPS) is 13.4. The van der Waals surface area contributed by atoms with E-state index in [1.54, 1.807) is 13.2 Å². The Morgan fingerprint density at radius 1 is 1.22 bits per heavy atom. The molecular weight excluding hydrogens is 229 g/mol. The average Bonchev–Trinajstić information content (AvgIpc) is 2.87. The Labute approximate surface area is 105 Å². The van der Waals surface area contributed by atoms with Gasteiger partial charge < -0.3 is 4.74 Å². The highest BCUT2D eigenvalue weighted by atomic mass is 19.1. The molecule has 1 aliphatic rings. The van der Waals surface area contributed by atoms with Crippen molar-refractivity contribution in [3.8, 4) is 17.0 Å². The van der Waals surface area contributed by atoms with Gasteiger partial charge in [0, 0.05) is 11.6 Å². The summed E-state index contributed by atoms with van der Waals surface area (Å²) in [7, 11) is 1.54. The van der Waals surface area contributed by atoms with E-state index in [0.29, 0.717) is 11.4 Å². The van der Waals surface area contributed by atoms with E-state index in [2.05, 4.69) is 11.1 Å². The van der Waals surface area contributed by atoms with Gasteiger partial charge in [0.15, 0.2) is 0 Å². The first-order chi connectivity index (χ1) is 8.79. The number of fused-ring (bicyclic) bond motifs is 1. The van der Waals surface area contributed by atoms with Crippen molar-refractivity contribution in [3.05, 3.63) is 47.4 Å². The lowest BCUT2D eigenvalue weighted by atomic mass is 9.97. The first kappa shape index (κ1) is 11.2. The Kier molecular flexibility index (Phi) is 2.74. The molecule has 0 atom stereocenters. The number of rotatable bonds is 2. The monoisotopic (exact) mass is 243 g/mol. The van der Waals surface area contributed by atoms with Crippen molar-refractivity contribution in [3.63, 3.8) is 0 Å². The van der Waals surface area contributed by atoms with Crippen LogP contribution in [-0.4, -0.2) is 12.1 Å². The van der Waals surface area contributed by atoms with E-state index in [4.69, 9.17) is 4.74 Å². The molecule has 1 aromatic carbocycles. The number of ether oxygens (including phenoxy) is 1. The van der Waals surface area contributed by atoms with Gasteiger partial charge in [0.05, 0.1) is 13.3 Å². The quantitative estimate of drug-likeness (QED) is 0.806. The lowest BCUT2D eigenvalue weighted by Crippen LogP contribution is -1.95. The van der Waals surface area contributed by atoms with Gasteiger partial charge >= 0.3 is 0 Å². The minimum atomic E-state index is -0.295. The number of aromatic nitrogens is 1. The van der Waals surface area contributed by atoms with Crippen molar-refractivity contribution in [1.29, 1.82) is 0 Å². The number of methoxy groups -OCH3 is 1. The van der Waals surface area contributed by atoms with Gasteiger partial charge in [-0.1, -0.05) is 18.2 Å². The van der Waals surface area contributed by atoms with Gasteiger partial charge in [-0.3, -0.25) is 0 Å². The molecule has 1 heterocycles. The van der Waals surface area contributed by atoms with Crippen LogP contribution in [-0.2, 0) is 12.8 Å². The molecule has 92 valence electrons. The maximum Gasteiger partial charge on any atom is 0.213 e. The lowest BCUT2D eigenvalue weighted by Gasteiger charge is -2.10. The van der Waals surface area contributed by atoms with Crippen LogP contribution in [0.1, 0.15) is 17.5 Å². The molecule has 18 heavy (non-hydrogen) atoms. The summed E-state index contributed by atoms with van der Waals surface area (Å²) in [4.78, 5) is 3.88. The standard InChI is InChI=1S/C15H14FNO/c1-18-15-8-13(14(16)9-17-15)12-7-3-5-10-4-2-6-11(10)12/h3,5,7-9H,2,4,6H2,1H3. The molecule has 0 bridgehead atoms. The number of hydrogen-bond acceptors (Lipinski definition) is 2. The molecule has 0 radical (unpaired) electrons. The fraction of sp³-hybridized carbons (Fsp3) is 0.267. The van der Waals surface area contributed by atoms with Crippen LogP contribution in [0.25, 0.3) is 11.1 Å². The molecule has 0 saturated carbocycles. The minimum Gasteiger partial charge on any atom is -0.481 e. The van der Waals surface area contributed by atoms with Crippen LogP contribution in [0, 0.1) is 5.82 Å². The van der Waals surface area contributed by atoms with Crippen molar-refractivity contribution in [1.82, 2.24) is 4.98 Å². The third kappa shape index (κ3) is 1.76. The predicted molar refractivity (Wildman–Crippen MR) is 68.2 cm³/mol. The molecule has 0 spiro atoms. The molecular formula is C15H14FNO. The topological polar surface area (TPSA) is 22.1 Å². The van der Waals surface area contributed by atoms with Crippen LogP contribution in [0.15, 0.2) is 30.5 Å². The van der Waals surface area contributed by atoms with Gasteiger partial charge in [0.25, 0.3) is 0 Å². The smallest absolute Gasteiger partial charge is 0.213 e. The van der Waals surface area contributed by atoms with Crippen molar-refractivity contribution >= 4 is 0 Å². The second kappa shape index (κ2) is 4.41. The van der Waals surface area contributed by atoms with Gasteiger partial charge in [-0.05, 0) is 36.0 Å². The molecule has 3 rings (SSSR count). The molecule has 1 aromatic heterocycles. The van der Waals surface area contributed by atoms with Crippen LogP contribution in [0.3, 0.4) is 0 Å². The molecule has 0 aliphatic heterocycles. The summed E-state index contributed by atoms with van der Waals surface area (Å²) in [6, 6.07) is 7.76. The van der Waals surface area contributed by atoms with Crippen molar-refractivity contribution in [2.24, 2.45) is 0 Å². The SMILES string of the molecule is COc1cc(-c2cccc3c2CCC3)c(F)cn1. The summed E-state index contributed by atoms with van der Waals surface area (Å²) in [5.41, 5.74) is 4.16. The molecule has 0 unspecified atom stereocenters. The zero-order valence-electron chi connectivity index (χ0n) is 10.2.